The summed E-state index contributed by atoms with van der Waals surface area (Å²) in [6.07, 6.45) is 4.69. The summed E-state index contributed by atoms with van der Waals surface area (Å²) in [5.74, 6) is 1.22. The summed E-state index contributed by atoms with van der Waals surface area (Å²) >= 11 is 12.4. The van der Waals surface area contributed by atoms with E-state index in [-0.39, 0.29) is 6.61 Å². The molecule has 0 bridgehead atoms. The maximum Gasteiger partial charge on any atom is 0.161 e. The van der Waals surface area contributed by atoms with Gasteiger partial charge in [0.25, 0.3) is 0 Å². The highest BCUT2D eigenvalue weighted by Crippen LogP contribution is 2.31. The summed E-state index contributed by atoms with van der Waals surface area (Å²) in [6.45, 7) is 2.66. The van der Waals surface area contributed by atoms with Gasteiger partial charge in [0.15, 0.2) is 11.5 Å². The molecule has 0 amide bonds. The number of aromatic nitrogens is 3. The molecule has 0 radical (unpaired) electrons. The third-order valence-electron chi connectivity index (χ3n) is 3.45. The second-order valence-corrected chi connectivity index (χ2v) is 6.03. The molecule has 0 unspecified atom stereocenters. The number of hydrogen-bond acceptors (Lipinski definition) is 5. The van der Waals surface area contributed by atoms with Crippen molar-refractivity contribution in [3.05, 3.63) is 70.2 Å². The third-order valence-corrected chi connectivity index (χ3v) is 4.16. The molecule has 0 aliphatic carbocycles. The molecule has 26 heavy (non-hydrogen) atoms. The number of rotatable bonds is 7. The summed E-state index contributed by atoms with van der Waals surface area (Å²) < 4.78 is 13.1. The maximum absolute atomic E-state index is 6.19. The highest BCUT2D eigenvalue weighted by atomic mass is 35.5. The molecule has 1 heterocycles. The van der Waals surface area contributed by atoms with E-state index in [0.29, 0.717) is 28.2 Å². The molecule has 0 spiro atoms. The minimum absolute atomic E-state index is 0.243. The van der Waals surface area contributed by atoms with Crippen LogP contribution < -0.4 is 9.47 Å². The summed E-state index contributed by atoms with van der Waals surface area (Å²) in [4.78, 5) is 0. The van der Waals surface area contributed by atoms with Crippen LogP contribution in [0.2, 0.25) is 10.0 Å². The smallest absolute Gasteiger partial charge is 0.161 e. The number of hydrogen-bond donors (Lipinski definition) is 0. The molecule has 0 N–H and O–H groups in total. The van der Waals surface area contributed by atoms with E-state index >= 15 is 0 Å². The zero-order valence-corrected chi connectivity index (χ0v) is 15.5. The fourth-order valence-electron chi connectivity index (χ4n) is 2.20. The van der Waals surface area contributed by atoms with Crippen LogP contribution in [0.25, 0.3) is 0 Å². The van der Waals surface area contributed by atoms with Gasteiger partial charge in [0.05, 0.1) is 12.8 Å². The van der Waals surface area contributed by atoms with E-state index in [1.807, 2.05) is 25.1 Å². The Hall–Kier alpha value is -2.57. The first kappa shape index (κ1) is 18.2. The zero-order chi connectivity index (χ0) is 18.4. The van der Waals surface area contributed by atoms with Crippen molar-refractivity contribution in [2.24, 2.45) is 5.10 Å². The van der Waals surface area contributed by atoms with Crippen molar-refractivity contribution in [2.75, 3.05) is 6.61 Å². The number of ether oxygens (including phenoxy) is 2. The second kappa shape index (κ2) is 8.69. The van der Waals surface area contributed by atoms with Gasteiger partial charge in [-0.1, -0.05) is 29.3 Å². The zero-order valence-electron chi connectivity index (χ0n) is 14.0. The van der Waals surface area contributed by atoms with E-state index in [1.54, 1.807) is 24.4 Å². The van der Waals surface area contributed by atoms with Gasteiger partial charge in [0, 0.05) is 15.6 Å². The van der Waals surface area contributed by atoms with Crippen LogP contribution >= 0.6 is 23.2 Å². The lowest BCUT2D eigenvalue weighted by molar-refractivity contribution is 0.269. The molecule has 1 aromatic heterocycles. The van der Waals surface area contributed by atoms with Gasteiger partial charge in [-0.25, -0.2) is 4.68 Å². The van der Waals surface area contributed by atoms with Gasteiger partial charge in [-0.15, -0.1) is 10.2 Å². The lowest BCUT2D eigenvalue weighted by Crippen LogP contribution is -2.01. The summed E-state index contributed by atoms with van der Waals surface area (Å²) in [7, 11) is 0. The molecule has 134 valence electrons. The summed E-state index contributed by atoms with van der Waals surface area (Å²) in [6, 6.07) is 10.9. The normalized spacial score (nSPS) is 11.0. The van der Waals surface area contributed by atoms with Gasteiger partial charge in [-0.2, -0.15) is 5.10 Å². The van der Waals surface area contributed by atoms with E-state index in [9.17, 15) is 0 Å². The Bertz CT molecular complexity index is 878. The maximum atomic E-state index is 6.19. The van der Waals surface area contributed by atoms with Gasteiger partial charge < -0.3 is 9.47 Å². The SMILES string of the molecule is CCOc1cc(/C=N/n2cnnc2)ccc1OCc1c(Cl)cccc1Cl. The fraction of sp³-hybridized carbons (Fsp3) is 0.167. The molecule has 3 rings (SSSR count). The predicted octanol–water partition coefficient (Wildman–Crippen LogP) is 4.44. The molecule has 6 nitrogen and oxygen atoms in total. The van der Waals surface area contributed by atoms with Gasteiger partial charge in [0.1, 0.15) is 19.3 Å². The number of nitrogens with zero attached hydrogens (tertiary/aromatic N) is 4. The Morgan fingerprint density at radius 1 is 1.04 bits per heavy atom. The van der Waals surface area contributed by atoms with Crippen LogP contribution in [0.4, 0.5) is 0 Å². The highest BCUT2D eigenvalue weighted by Gasteiger charge is 2.10. The second-order valence-electron chi connectivity index (χ2n) is 5.21. The van der Waals surface area contributed by atoms with Crippen LogP contribution in [-0.2, 0) is 6.61 Å². The molecule has 2 aromatic carbocycles. The fourth-order valence-corrected chi connectivity index (χ4v) is 2.71. The standard InChI is InChI=1S/C18H16Cl2N4O2/c1-2-25-18-8-13(9-23-24-11-21-22-12-24)6-7-17(18)26-10-14-15(19)4-3-5-16(14)20/h3-9,11-12H,2,10H2,1H3/b23-9+. The van der Waals surface area contributed by atoms with Crippen LogP contribution in [0.3, 0.4) is 0 Å². The molecule has 3 aromatic rings. The Morgan fingerprint density at radius 3 is 2.46 bits per heavy atom. The minimum atomic E-state index is 0.243. The lowest BCUT2D eigenvalue weighted by Gasteiger charge is -2.14. The molecular formula is C18H16Cl2N4O2. The van der Waals surface area contributed by atoms with Gasteiger partial charge in [-0.3, -0.25) is 0 Å². The van der Waals surface area contributed by atoms with E-state index in [4.69, 9.17) is 32.7 Å². The molecule has 0 saturated carbocycles. The highest BCUT2D eigenvalue weighted by molar-refractivity contribution is 6.35. The first-order valence-electron chi connectivity index (χ1n) is 7.89. The average Bonchev–Trinajstić information content (AvgIpc) is 3.15. The van der Waals surface area contributed by atoms with Crippen molar-refractivity contribution in [3.8, 4) is 11.5 Å². The Labute approximate surface area is 161 Å². The molecule has 0 aliphatic rings. The van der Waals surface area contributed by atoms with E-state index in [2.05, 4.69) is 15.3 Å². The quantitative estimate of drug-likeness (QED) is 0.559. The Kier molecular flexibility index (Phi) is 6.09. The van der Waals surface area contributed by atoms with Crippen LogP contribution in [0, 0.1) is 0 Å². The van der Waals surface area contributed by atoms with Crippen molar-refractivity contribution >= 4 is 29.4 Å². The lowest BCUT2D eigenvalue weighted by atomic mass is 10.2. The molecule has 0 fully saturated rings. The molecule has 0 atom stereocenters. The third kappa shape index (κ3) is 4.53. The Balaban J connectivity index is 1.78. The van der Waals surface area contributed by atoms with E-state index in [0.717, 1.165) is 11.1 Å². The largest absolute Gasteiger partial charge is 0.490 e. The monoisotopic (exact) mass is 390 g/mol. The average molecular weight is 391 g/mol. The van der Waals surface area contributed by atoms with Crippen molar-refractivity contribution in [3.63, 3.8) is 0 Å². The van der Waals surface area contributed by atoms with Crippen molar-refractivity contribution in [1.29, 1.82) is 0 Å². The first-order chi connectivity index (χ1) is 12.7. The topological polar surface area (TPSA) is 61.5 Å². The number of benzene rings is 2. The van der Waals surface area contributed by atoms with Gasteiger partial charge in [0.2, 0.25) is 0 Å². The van der Waals surface area contributed by atoms with Crippen LogP contribution in [0.15, 0.2) is 54.2 Å². The first-order valence-corrected chi connectivity index (χ1v) is 8.64. The number of halogens is 2. The van der Waals surface area contributed by atoms with Gasteiger partial charge in [-0.05, 0) is 42.8 Å². The molecule has 8 heteroatoms. The van der Waals surface area contributed by atoms with Crippen molar-refractivity contribution in [2.45, 2.75) is 13.5 Å². The summed E-state index contributed by atoms with van der Waals surface area (Å²) in [5.41, 5.74) is 1.59. The molecular weight excluding hydrogens is 375 g/mol. The van der Waals surface area contributed by atoms with Gasteiger partial charge >= 0.3 is 0 Å². The van der Waals surface area contributed by atoms with Crippen molar-refractivity contribution < 1.29 is 9.47 Å². The molecule has 0 saturated heterocycles. The van der Waals surface area contributed by atoms with E-state index in [1.165, 1.54) is 17.3 Å². The Morgan fingerprint density at radius 2 is 1.77 bits per heavy atom. The van der Waals surface area contributed by atoms with Crippen LogP contribution in [-0.4, -0.2) is 27.7 Å². The predicted molar refractivity (Wildman–Crippen MR) is 101 cm³/mol. The minimum Gasteiger partial charge on any atom is -0.490 e. The molecule has 0 aliphatic heterocycles. The van der Waals surface area contributed by atoms with Crippen molar-refractivity contribution in [1.82, 2.24) is 14.9 Å². The van der Waals surface area contributed by atoms with E-state index < -0.39 is 0 Å². The summed E-state index contributed by atoms with van der Waals surface area (Å²) in [5, 5.41) is 12.7. The van der Waals surface area contributed by atoms with Crippen LogP contribution in [0.1, 0.15) is 18.1 Å². The van der Waals surface area contributed by atoms with Crippen LogP contribution in [0.5, 0.6) is 11.5 Å².